The summed E-state index contributed by atoms with van der Waals surface area (Å²) in [5, 5.41) is 12.0. The maximum atomic E-state index is 11.8. The van der Waals surface area contributed by atoms with E-state index >= 15 is 0 Å². The van der Waals surface area contributed by atoms with Crippen LogP contribution in [0.5, 0.6) is 0 Å². The van der Waals surface area contributed by atoms with E-state index in [1.54, 1.807) is 30.3 Å². The summed E-state index contributed by atoms with van der Waals surface area (Å²) in [7, 11) is 0. The number of hydrogen-bond acceptors (Lipinski definition) is 2. The average Bonchev–Trinajstić information content (AvgIpc) is 2.81. The van der Waals surface area contributed by atoms with E-state index in [2.05, 4.69) is 9.97 Å². The highest BCUT2D eigenvalue weighted by atomic mass is 35.5. The van der Waals surface area contributed by atoms with Crippen LogP contribution in [0.1, 0.15) is 10.4 Å². The second kappa shape index (κ2) is 4.60. The number of H-pyrrole nitrogens is 1. The van der Waals surface area contributed by atoms with Gasteiger partial charge in [0, 0.05) is 26.3 Å². The van der Waals surface area contributed by atoms with Crippen molar-refractivity contribution >= 4 is 62.0 Å². The van der Waals surface area contributed by atoms with Crippen LogP contribution in [-0.4, -0.2) is 21.0 Å². The first-order valence-corrected chi connectivity index (χ1v) is 7.23. The lowest BCUT2D eigenvalue weighted by atomic mass is 10.1. The normalized spacial score (nSPS) is 11.5. The van der Waals surface area contributed by atoms with Gasteiger partial charge in [0.2, 0.25) is 0 Å². The van der Waals surface area contributed by atoms with Crippen LogP contribution in [-0.2, 0) is 0 Å². The summed E-state index contributed by atoms with van der Waals surface area (Å²) < 4.78 is 0. The van der Waals surface area contributed by atoms with Crippen molar-refractivity contribution < 1.29 is 9.90 Å². The van der Waals surface area contributed by atoms with Crippen molar-refractivity contribution in [2.24, 2.45) is 0 Å². The second-order valence-corrected chi connectivity index (χ2v) is 5.86. The van der Waals surface area contributed by atoms with Gasteiger partial charge in [-0.1, -0.05) is 23.2 Å². The molecule has 2 aromatic carbocycles. The van der Waals surface area contributed by atoms with Crippen LogP contribution in [0.3, 0.4) is 0 Å². The Hall–Kier alpha value is -2.30. The number of benzene rings is 2. The fraction of sp³-hybridized carbons (Fsp3) is 0. The SMILES string of the molecule is O=C(O)c1c2cc(Cl)ccc2nc2c1[nH]c1cc(Cl)ccc12. The van der Waals surface area contributed by atoms with E-state index in [1.807, 2.05) is 6.07 Å². The molecule has 22 heavy (non-hydrogen) atoms. The number of carboxylic acid groups (broad SMARTS) is 1. The van der Waals surface area contributed by atoms with Gasteiger partial charge in [-0.25, -0.2) is 9.78 Å². The zero-order valence-electron chi connectivity index (χ0n) is 11.0. The van der Waals surface area contributed by atoms with Crippen LogP contribution in [0.2, 0.25) is 10.0 Å². The summed E-state index contributed by atoms with van der Waals surface area (Å²) in [5.41, 5.74) is 2.58. The van der Waals surface area contributed by atoms with E-state index in [1.165, 1.54) is 0 Å². The lowest BCUT2D eigenvalue weighted by Crippen LogP contribution is -2.00. The summed E-state index contributed by atoms with van der Waals surface area (Å²) in [5.74, 6) is -1.03. The Balaban J connectivity index is 2.29. The van der Waals surface area contributed by atoms with Crippen molar-refractivity contribution in [3.8, 4) is 0 Å². The molecule has 108 valence electrons. The van der Waals surface area contributed by atoms with Crippen LogP contribution < -0.4 is 0 Å². The molecule has 0 fully saturated rings. The maximum absolute atomic E-state index is 11.8. The summed E-state index contributed by atoms with van der Waals surface area (Å²) >= 11 is 12.0. The summed E-state index contributed by atoms with van der Waals surface area (Å²) in [6, 6.07) is 10.4. The minimum Gasteiger partial charge on any atom is -0.478 e. The van der Waals surface area contributed by atoms with Crippen LogP contribution in [0.15, 0.2) is 36.4 Å². The predicted octanol–water partition coefficient (Wildman–Crippen LogP) is 4.87. The summed E-state index contributed by atoms with van der Waals surface area (Å²) in [6.07, 6.45) is 0. The number of rotatable bonds is 1. The third-order valence-electron chi connectivity index (χ3n) is 3.66. The van der Waals surface area contributed by atoms with Crippen molar-refractivity contribution in [3.05, 3.63) is 52.0 Å². The number of aromatic carboxylic acids is 1. The molecule has 0 aliphatic carbocycles. The molecule has 0 radical (unpaired) electrons. The van der Waals surface area contributed by atoms with E-state index in [-0.39, 0.29) is 5.56 Å². The number of pyridine rings is 1. The third kappa shape index (κ3) is 1.85. The largest absolute Gasteiger partial charge is 0.478 e. The second-order valence-electron chi connectivity index (χ2n) is 4.99. The number of halogens is 2. The van der Waals surface area contributed by atoms with Crippen LogP contribution in [0, 0.1) is 0 Å². The van der Waals surface area contributed by atoms with E-state index < -0.39 is 5.97 Å². The lowest BCUT2D eigenvalue weighted by Gasteiger charge is -2.04. The highest BCUT2D eigenvalue weighted by Crippen LogP contribution is 2.33. The van der Waals surface area contributed by atoms with Gasteiger partial charge >= 0.3 is 5.97 Å². The fourth-order valence-electron chi connectivity index (χ4n) is 2.74. The van der Waals surface area contributed by atoms with Gasteiger partial charge in [-0.15, -0.1) is 0 Å². The zero-order valence-corrected chi connectivity index (χ0v) is 12.5. The number of aromatic nitrogens is 2. The molecule has 0 saturated carbocycles. The monoisotopic (exact) mass is 330 g/mol. The molecule has 0 amide bonds. The Morgan fingerprint density at radius 2 is 1.77 bits per heavy atom. The van der Waals surface area contributed by atoms with E-state index in [9.17, 15) is 9.90 Å². The summed E-state index contributed by atoms with van der Waals surface area (Å²) in [4.78, 5) is 19.5. The van der Waals surface area contributed by atoms with Gasteiger partial charge in [-0.2, -0.15) is 0 Å². The Morgan fingerprint density at radius 1 is 1.05 bits per heavy atom. The molecule has 6 heteroatoms. The number of hydrogen-bond donors (Lipinski definition) is 2. The fourth-order valence-corrected chi connectivity index (χ4v) is 3.08. The van der Waals surface area contributed by atoms with Crippen molar-refractivity contribution in [1.29, 1.82) is 0 Å². The van der Waals surface area contributed by atoms with Crippen molar-refractivity contribution in [2.45, 2.75) is 0 Å². The summed E-state index contributed by atoms with van der Waals surface area (Å²) in [6.45, 7) is 0. The molecule has 4 rings (SSSR count). The molecule has 0 aliphatic rings. The molecule has 0 spiro atoms. The molecule has 4 nitrogen and oxygen atoms in total. The van der Waals surface area contributed by atoms with Crippen molar-refractivity contribution in [3.63, 3.8) is 0 Å². The van der Waals surface area contributed by atoms with Crippen molar-refractivity contribution in [2.75, 3.05) is 0 Å². The lowest BCUT2D eigenvalue weighted by molar-refractivity contribution is 0.0701. The number of fused-ring (bicyclic) bond motifs is 4. The van der Waals surface area contributed by atoms with E-state index in [4.69, 9.17) is 23.2 Å². The molecule has 0 unspecified atom stereocenters. The number of aromatic amines is 1. The molecule has 0 aliphatic heterocycles. The Morgan fingerprint density at radius 3 is 2.55 bits per heavy atom. The molecule has 0 bridgehead atoms. The molecule has 4 aromatic rings. The predicted molar refractivity (Wildman–Crippen MR) is 88.1 cm³/mol. The molecule has 0 atom stereocenters. The van der Waals surface area contributed by atoms with Crippen molar-refractivity contribution in [1.82, 2.24) is 9.97 Å². The van der Waals surface area contributed by atoms with Gasteiger partial charge < -0.3 is 10.1 Å². The smallest absolute Gasteiger partial charge is 0.338 e. The molecule has 2 heterocycles. The first-order chi connectivity index (χ1) is 10.5. The highest BCUT2D eigenvalue weighted by molar-refractivity contribution is 6.32. The minimum absolute atomic E-state index is 0.162. The van der Waals surface area contributed by atoms with E-state index in [0.717, 1.165) is 10.9 Å². The first kappa shape index (κ1) is 13.4. The topological polar surface area (TPSA) is 66.0 Å². The first-order valence-electron chi connectivity index (χ1n) is 6.48. The molecular formula is C16H8Cl2N2O2. The minimum atomic E-state index is -1.03. The van der Waals surface area contributed by atoms with Gasteiger partial charge in [0.15, 0.2) is 0 Å². The van der Waals surface area contributed by atoms with Gasteiger partial charge in [-0.3, -0.25) is 0 Å². The van der Waals surface area contributed by atoms with Gasteiger partial charge in [-0.05, 0) is 36.4 Å². The Labute approximate surface area is 134 Å². The third-order valence-corrected chi connectivity index (χ3v) is 4.13. The Bertz CT molecular complexity index is 1090. The molecule has 0 saturated heterocycles. The average molecular weight is 331 g/mol. The highest BCUT2D eigenvalue weighted by Gasteiger charge is 2.19. The van der Waals surface area contributed by atoms with Gasteiger partial charge in [0.25, 0.3) is 0 Å². The quantitative estimate of drug-likeness (QED) is 0.523. The maximum Gasteiger partial charge on any atom is 0.338 e. The number of carboxylic acids is 1. The molecular weight excluding hydrogens is 323 g/mol. The molecule has 2 N–H and O–H groups in total. The van der Waals surface area contributed by atoms with E-state index in [0.29, 0.717) is 32.0 Å². The zero-order chi connectivity index (χ0) is 15.4. The molecule has 2 aromatic heterocycles. The van der Waals surface area contributed by atoms with Gasteiger partial charge in [0.05, 0.1) is 22.1 Å². The van der Waals surface area contributed by atoms with Crippen LogP contribution in [0.4, 0.5) is 0 Å². The number of carbonyl (C=O) groups is 1. The Kier molecular flexibility index (Phi) is 2.79. The van der Waals surface area contributed by atoms with Gasteiger partial charge in [0.1, 0.15) is 0 Å². The number of nitrogens with zero attached hydrogens (tertiary/aromatic N) is 1. The standard InChI is InChI=1S/C16H8Cl2N2O2/c17-7-2-4-11-10(5-7)13(16(21)22)15-14(19-11)9-3-1-8(18)6-12(9)20-15/h1-6,20H,(H,21,22). The number of nitrogens with one attached hydrogen (secondary N) is 1. The van der Waals surface area contributed by atoms with Crippen LogP contribution >= 0.6 is 23.2 Å². The van der Waals surface area contributed by atoms with Crippen LogP contribution in [0.25, 0.3) is 32.8 Å².